The van der Waals surface area contributed by atoms with Crippen molar-refractivity contribution < 1.29 is 5.11 Å². The van der Waals surface area contributed by atoms with Crippen molar-refractivity contribution in [3.63, 3.8) is 0 Å². The van der Waals surface area contributed by atoms with Crippen molar-refractivity contribution in [2.24, 2.45) is 23.2 Å². The summed E-state index contributed by atoms with van der Waals surface area (Å²) in [6.07, 6.45) is 2.11. The number of aliphatic hydroxyl groups excluding tert-OH is 1. The van der Waals surface area contributed by atoms with Crippen LogP contribution in [-0.2, 0) is 0 Å². The zero-order valence-electron chi connectivity index (χ0n) is 9.67. The maximum Gasteiger partial charge on any atom is 0.0568 e. The van der Waals surface area contributed by atoms with Gasteiger partial charge in [-0.15, -0.1) is 0 Å². The minimum absolute atomic E-state index is 0.0691. The Balaban J connectivity index is 2.78. The fourth-order valence-corrected chi connectivity index (χ4v) is 3.28. The molecule has 0 heterocycles. The Morgan fingerprint density at radius 3 is 2.00 bits per heavy atom. The normalized spacial score (nSPS) is 42.0. The molecule has 0 aromatic rings. The van der Waals surface area contributed by atoms with E-state index in [1.807, 2.05) is 0 Å². The summed E-state index contributed by atoms with van der Waals surface area (Å²) in [5.74, 6) is 1.89. The summed E-state index contributed by atoms with van der Waals surface area (Å²) in [6.45, 7) is 11.4. The molecule has 1 N–H and O–H groups in total. The van der Waals surface area contributed by atoms with Crippen LogP contribution in [0.15, 0.2) is 0 Å². The summed E-state index contributed by atoms with van der Waals surface area (Å²) in [7, 11) is 0. The first-order chi connectivity index (χ1) is 5.84. The Labute approximate surface area is 82.5 Å². The van der Waals surface area contributed by atoms with Gasteiger partial charge < -0.3 is 5.11 Å². The molecule has 1 nitrogen and oxygen atoms in total. The molecular formula is C12H24O. The highest BCUT2D eigenvalue weighted by Gasteiger charge is 2.40. The Kier molecular flexibility index (Phi) is 3.06. The van der Waals surface area contributed by atoms with Crippen molar-refractivity contribution in [2.75, 3.05) is 0 Å². The summed E-state index contributed by atoms with van der Waals surface area (Å²) < 4.78 is 0. The lowest BCUT2D eigenvalue weighted by atomic mass is 9.61. The van der Waals surface area contributed by atoms with Crippen molar-refractivity contribution in [3.8, 4) is 0 Å². The molecule has 78 valence electrons. The van der Waals surface area contributed by atoms with E-state index < -0.39 is 0 Å². The topological polar surface area (TPSA) is 20.2 Å². The minimum atomic E-state index is -0.0691. The van der Waals surface area contributed by atoms with Gasteiger partial charge in [0.15, 0.2) is 0 Å². The lowest BCUT2D eigenvalue weighted by molar-refractivity contribution is -0.0301. The second-order valence-corrected chi connectivity index (χ2v) is 5.87. The summed E-state index contributed by atoms with van der Waals surface area (Å²) in [5, 5.41) is 9.83. The first-order valence-corrected chi connectivity index (χ1v) is 5.52. The summed E-state index contributed by atoms with van der Waals surface area (Å²) in [4.78, 5) is 0. The van der Waals surface area contributed by atoms with Crippen LogP contribution in [0.2, 0.25) is 0 Å². The Morgan fingerprint density at radius 2 is 1.62 bits per heavy atom. The van der Waals surface area contributed by atoms with E-state index in [0.717, 1.165) is 12.3 Å². The highest BCUT2D eigenvalue weighted by molar-refractivity contribution is 4.89. The lowest BCUT2D eigenvalue weighted by Crippen LogP contribution is -2.42. The van der Waals surface area contributed by atoms with Crippen LogP contribution in [-0.4, -0.2) is 11.2 Å². The molecule has 0 radical (unpaired) electrons. The van der Waals surface area contributed by atoms with Crippen molar-refractivity contribution in [2.45, 2.75) is 53.6 Å². The van der Waals surface area contributed by atoms with E-state index >= 15 is 0 Å². The first-order valence-electron chi connectivity index (χ1n) is 5.52. The number of rotatable bonds is 0. The molecule has 1 saturated carbocycles. The van der Waals surface area contributed by atoms with Crippen LogP contribution >= 0.6 is 0 Å². The monoisotopic (exact) mass is 184 g/mol. The molecule has 13 heavy (non-hydrogen) atoms. The van der Waals surface area contributed by atoms with Gasteiger partial charge in [-0.3, -0.25) is 0 Å². The molecule has 1 rings (SSSR count). The van der Waals surface area contributed by atoms with Crippen molar-refractivity contribution in [1.82, 2.24) is 0 Å². The van der Waals surface area contributed by atoms with Crippen LogP contribution < -0.4 is 0 Å². The van der Waals surface area contributed by atoms with Crippen LogP contribution in [0.3, 0.4) is 0 Å². The average Bonchev–Trinajstić information content (AvgIpc) is 1.95. The van der Waals surface area contributed by atoms with Crippen LogP contribution in [0.1, 0.15) is 47.5 Å². The second kappa shape index (κ2) is 3.61. The fourth-order valence-electron chi connectivity index (χ4n) is 3.28. The third kappa shape index (κ3) is 2.25. The molecule has 1 heteroatoms. The van der Waals surface area contributed by atoms with E-state index in [1.165, 1.54) is 6.42 Å². The molecule has 0 saturated heterocycles. The quantitative estimate of drug-likeness (QED) is 0.613. The highest BCUT2D eigenvalue weighted by atomic mass is 16.3. The van der Waals surface area contributed by atoms with E-state index in [1.54, 1.807) is 0 Å². The average molecular weight is 184 g/mol. The number of hydrogen-bond donors (Lipinski definition) is 1. The van der Waals surface area contributed by atoms with E-state index in [-0.39, 0.29) is 6.10 Å². The molecule has 0 aromatic heterocycles. The molecule has 4 unspecified atom stereocenters. The van der Waals surface area contributed by atoms with Crippen LogP contribution in [0, 0.1) is 23.2 Å². The van der Waals surface area contributed by atoms with Gasteiger partial charge >= 0.3 is 0 Å². The van der Waals surface area contributed by atoms with Gasteiger partial charge in [-0.2, -0.15) is 0 Å². The second-order valence-electron chi connectivity index (χ2n) is 5.87. The van der Waals surface area contributed by atoms with Gasteiger partial charge in [0, 0.05) is 0 Å². The van der Waals surface area contributed by atoms with E-state index in [0.29, 0.717) is 17.3 Å². The van der Waals surface area contributed by atoms with Crippen molar-refractivity contribution in [3.05, 3.63) is 0 Å². The van der Waals surface area contributed by atoms with Crippen LogP contribution in [0.4, 0.5) is 0 Å². The summed E-state index contributed by atoms with van der Waals surface area (Å²) in [6, 6.07) is 0. The molecular weight excluding hydrogens is 160 g/mol. The largest absolute Gasteiger partial charge is 0.393 e. The summed E-state index contributed by atoms with van der Waals surface area (Å²) >= 11 is 0. The Morgan fingerprint density at radius 1 is 1.08 bits per heavy atom. The standard InChI is InChI=1S/C12H24O/c1-8-6-7-10(13)9(2)11(8)12(3,4)5/h8-11,13H,6-7H2,1-5H3. The SMILES string of the molecule is CC1CCC(O)C(C)C1C(C)(C)C. The van der Waals surface area contributed by atoms with Crippen molar-refractivity contribution in [1.29, 1.82) is 0 Å². The zero-order chi connectivity index (χ0) is 10.2. The van der Waals surface area contributed by atoms with Gasteiger partial charge in [-0.1, -0.05) is 34.6 Å². The van der Waals surface area contributed by atoms with E-state index in [9.17, 15) is 5.11 Å². The summed E-state index contributed by atoms with van der Waals surface area (Å²) in [5.41, 5.74) is 0.334. The number of aliphatic hydroxyl groups is 1. The molecule has 1 fully saturated rings. The molecule has 1 aliphatic rings. The fraction of sp³-hybridized carbons (Fsp3) is 1.00. The molecule has 0 aliphatic heterocycles. The van der Waals surface area contributed by atoms with Crippen LogP contribution in [0.5, 0.6) is 0 Å². The van der Waals surface area contributed by atoms with Gasteiger partial charge in [0.1, 0.15) is 0 Å². The van der Waals surface area contributed by atoms with E-state index in [2.05, 4.69) is 34.6 Å². The predicted molar refractivity (Wildman–Crippen MR) is 56.5 cm³/mol. The molecule has 0 aromatic carbocycles. The molecule has 0 spiro atoms. The van der Waals surface area contributed by atoms with Gasteiger partial charge in [0.25, 0.3) is 0 Å². The van der Waals surface area contributed by atoms with Gasteiger partial charge in [0.05, 0.1) is 6.10 Å². The smallest absolute Gasteiger partial charge is 0.0568 e. The zero-order valence-corrected chi connectivity index (χ0v) is 9.67. The highest BCUT2D eigenvalue weighted by Crippen LogP contribution is 2.44. The molecule has 4 atom stereocenters. The van der Waals surface area contributed by atoms with Gasteiger partial charge in [-0.05, 0) is 36.0 Å². The molecule has 0 bridgehead atoms. The third-order valence-electron chi connectivity index (χ3n) is 3.70. The lowest BCUT2D eigenvalue weighted by Gasteiger charge is -2.45. The Hall–Kier alpha value is -0.0400. The third-order valence-corrected chi connectivity index (χ3v) is 3.70. The molecule has 0 amide bonds. The predicted octanol–water partition coefficient (Wildman–Crippen LogP) is 3.08. The number of hydrogen-bond acceptors (Lipinski definition) is 1. The maximum atomic E-state index is 9.83. The first kappa shape index (κ1) is 11.0. The Bertz CT molecular complexity index is 168. The van der Waals surface area contributed by atoms with Gasteiger partial charge in [-0.25, -0.2) is 0 Å². The maximum absolute atomic E-state index is 9.83. The molecule has 1 aliphatic carbocycles. The van der Waals surface area contributed by atoms with Crippen molar-refractivity contribution >= 4 is 0 Å². The van der Waals surface area contributed by atoms with E-state index in [4.69, 9.17) is 0 Å². The van der Waals surface area contributed by atoms with Crippen LogP contribution in [0.25, 0.3) is 0 Å². The van der Waals surface area contributed by atoms with Gasteiger partial charge in [0.2, 0.25) is 0 Å². The minimum Gasteiger partial charge on any atom is -0.393 e.